The Morgan fingerprint density at radius 2 is 0.963 bits per heavy atom. The molecule has 2 atom stereocenters. The lowest BCUT2D eigenvalue weighted by molar-refractivity contribution is 0.180. The van der Waals surface area contributed by atoms with Gasteiger partial charge in [-0.15, -0.1) is 0 Å². The van der Waals surface area contributed by atoms with Gasteiger partial charge in [0.25, 0.3) is 10.1 Å². The van der Waals surface area contributed by atoms with Crippen LogP contribution in [0.1, 0.15) is 129 Å². The standard InChI is InChI=1S/C22H46O4S/c1-3-4-5-6-7-8-9-13-16-19-22(27(24,25)26)20-17-14-11-10-12-15-18-21(2)23/h21-23H,3-20H2,1-2H3,(H,24,25,26). The first-order valence-corrected chi connectivity index (χ1v) is 13.0. The van der Waals surface area contributed by atoms with Gasteiger partial charge in [-0.3, -0.25) is 4.55 Å². The van der Waals surface area contributed by atoms with Crippen molar-refractivity contribution in [3.8, 4) is 0 Å². The van der Waals surface area contributed by atoms with Gasteiger partial charge in [0.2, 0.25) is 0 Å². The molecule has 0 aromatic carbocycles. The first-order chi connectivity index (χ1) is 12.9. The van der Waals surface area contributed by atoms with E-state index in [0.29, 0.717) is 12.8 Å². The molecule has 0 aromatic rings. The van der Waals surface area contributed by atoms with Crippen molar-refractivity contribution in [2.45, 2.75) is 141 Å². The summed E-state index contributed by atoms with van der Waals surface area (Å²) >= 11 is 0. The average molecular weight is 407 g/mol. The number of aliphatic hydroxyl groups is 1. The van der Waals surface area contributed by atoms with Crippen molar-refractivity contribution in [2.75, 3.05) is 0 Å². The number of hydrogen-bond acceptors (Lipinski definition) is 3. The van der Waals surface area contributed by atoms with Crippen LogP contribution in [0.3, 0.4) is 0 Å². The first-order valence-electron chi connectivity index (χ1n) is 11.5. The summed E-state index contributed by atoms with van der Waals surface area (Å²) in [7, 11) is -3.91. The molecule has 0 amide bonds. The summed E-state index contributed by atoms with van der Waals surface area (Å²) in [5.41, 5.74) is 0. The minimum Gasteiger partial charge on any atom is -0.393 e. The van der Waals surface area contributed by atoms with Crippen molar-refractivity contribution in [3.05, 3.63) is 0 Å². The third-order valence-electron chi connectivity index (χ3n) is 5.45. The van der Waals surface area contributed by atoms with Crippen LogP contribution in [0.2, 0.25) is 0 Å². The van der Waals surface area contributed by atoms with Crippen LogP contribution >= 0.6 is 0 Å². The molecule has 0 aromatic heterocycles. The lowest BCUT2D eigenvalue weighted by Crippen LogP contribution is -2.20. The molecule has 2 N–H and O–H groups in total. The van der Waals surface area contributed by atoms with E-state index in [1.54, 1.807) is 0 Å². The first kappa shape index (κ1) is 26.9. The second-order valence-corrected chi connectivity index (χ2v) is 10.00. The molecule has 0 saturated carbocycles. The Morgan fingerprint density at radius 3 is 1.30 bits per heavy atom. The topological polar surface area (TPSA) is 74.6 Å². The Balaban J connectivity index is 3.70. The van der Waals surface area contributed by atoms with Crippen LogP contribution in [0.5, 0.6) is 0 Å². The van der Waals surface area contributed by atoms with Gasteiger partial charge < -0.3 is 5.11 Å². The second kappa shape index (κ2) is 17.9. The summed E-state index contributed by atoms with van der Waals surface area (Å²) in [5.74, 6) is 0. The number of unbranched alkanes of at least 4 members (excludes halogenated alkanes) is 13. The molecule has 0 rings (SSSR count). The van der Waals surface area contributed by atoms with Gasteiger partial charge in [-0.05, 0) is 26.2 Å². The molecule has 0 aliphatic carbocycles. The van der Waals surface area contributed by atoms with Gasteiger partial charge in [0.05, 0.1) is 11.4 Å². The van der Waals surface area contributed by atoms with Crippen molar-refractivity contribution < 1.29 is 18.1 Å². The molecule has 0 heterocycles. The van der Waals surface area contributed by atoms with Crippen molar-refractivity contribution in [1.29, 1.82) is 0 Å². The van der Waals surface area contributed by atoms with Gasteiger partial charge in [-0.1, -0.05) is 103 Å². The molecule has 0 saturated heterocycles. The highest BCUT2D eigenvalue weighted by Crippen LogP contribution is 2.19. The Kier molecular flexibility index (Phi) is 17.8. The molecule has 4 nitrogen and oxygen atoms in total. The maximum absolute atomic E-state index is 11.6. The Bertz CT molecular complexity index is 407. The SMILES string of the molecule is CCCCCCCCCCCC(CCCCCCCCC(C)O)S(=O)(=O)O. The molecule has 0 aliphatic rings. The molecule has 0 spiro atoms. The van der Waals surface area contributed by atoms with Gasteiger partial charge >= 0.3 is 0 Å². The largest absolute Gasteiger partial charge is 0.393 e. The van der Waals surface area contributed by atoms with Crippen molar-refractivity contribution >= 4 is 10.1 Å². The lowest BCUT2D eigenvalue weighted by atomic mass is 10.0. The predicted molar refractivity (Wildman–Crippen MR) is 116 cm³/mol. The maximum Gasteiger partial charge on any atom is 0.267 e. The monoisotopic (exact) mass is 406 g/mol. The van der Waals surface area contributed by atoms with Gasteiger partial charge in [-0.25, -0.2) is 0 Å². The predicted octanol–water partition coefficient (Wildman–Crippen LogP) is 6.67. The summed E-state index contributed by atoms with van der Waals surface area (Å²) in [5, 5.41) is 8.64. The van der Waals surface area contributed by atoms with E-state index in [-0.39, 0.29) is 6.10 Å². The average Bonchev–Trinajstić information content (AvgIpc) is 2.59. The van der Waals surface area contributed by atoms with Crippen LogP contribution in [0.25, 0.3) is 0 Å². The van der Waals surface area contributed by atoms with Gasteiger partial charge in [0.15, 0.2) is 0 Å². The van der Waals surface area contributed by atoms with Crippen LogP contribution in [-0.4, -0.2) is 29.4 Å². The molecule has 2 unspecified atom stereocenters. The zero-order valence-electron chi connectivity index (χ0n) is 18.0. The maximum atomic E-state index is 11.6. The Labute approximate surface area is 169 Å². The van der Waals surface area contributed by atoms with Crippen molar-refractivity contribution in [1.82, 2.24) is 0 Å². The molecule has 27 heavy (non-hydrogen) atoms. The van der Waals surface area contributed by atoms with E-state index >= 15 is 0 Å². The lowest BCUT2D eigenvalue weighted by Gasteiger charge is -2.13. The van der Waals surface area contributed by atoms with E-state index in [9.17, 15) is 18.1 Å². The van der Waals surface area contributed by atoms with E-state index in [0.717, 1.165) is 57.8 Å². The Hall–Kier alpha value is -0.130. The van der Waals surface area contributed by atoms with Gasteiger partial charge in [0, 0.05) is 0 Å². The minimum absolute atomic E-state index is 0.207. The summed E-state index contributed by atoms with van der Waals surface area (Å²) in [6.07, 6.45) is 19.1. The fourth-order valence-electron chi connectivity index (χ4n) is 3.64. The van der Waals surface area contributed by atoms with E-state index in [1.165, 1.54) is 44.9 Å². The zero-order valence-corrected chi connectivity index (χ0v) is 18.8. The fraction of sp³-hybridized carbons (Fsp3) is 1.00. The quantitative estimate of drug-likeness (QED) is 0.175. The number of hydrogen-bond donors (Lipinski definition) is 2. The van der Waals surface area contributed by atoms with E-state index in [1.807, 2.05) is 6.92 Å². The molecule has 5 heteroatoms. The van der Waals surface area contributed by atoms with E-state index in [2.05, 4.69) is 6.92 Å². The van der Waals surface area contributed by atoms with Crippen LogP contribution in [0.15, 0.2) is 0 Å². The van der Waals surface area contributed by atoms with Gasteiger partial charge in [0.1, 0.15) is 0 Å². The molecule has 0 aliphatic heterocycles. The molecule has 0 radical (unpaired) electrons. The third-order valence-corrected chi connectivity index (χ3v) is 6.76. The smallest absolute Gasteiger partial charge is 0.267 e. The van der Waals surface area contributed by atoms with Gasteiger partial charge in [-0.2, -0.15) is 8.42 Å². The van der Waals surface area contributed by atoms with E-state index < -0.39 is 15.4 Å². The fourth-order valence-corrected chi connectivity index (χ4v) is 4.57. The third kappa shape index (κ3) is 19.0. The normalized spacial score (nSPS) is 14.4. The van der Waals surface area contributed by atoms with Crippen LogP contribution in [0.4, 0.5) is 0 Å². The Morgan fingerprint density at radius 1 is 0.630 bits per heavy atom. The van der Waals surface area contributed by atoms with Crippen LogP contribution in [0, 0.1) is 0 Å². The molecule has 0 fully saturated rings. The number of aliphatic hydroxyl groups excluding tert-OH is 1. The number of rotatable bonds is 20. The minimum atomic E-state index is -3.91. The molecule has 164 valence electrons. The highest BCUT2D eigenvalue weighted by atomic mass is 32.2. The highest BCUT2D eigenvalue weighted by molar-refractivity contribution is 7.86. The highest BCUT2D eigenvalue weighted by Gasteiger charge is 2.21. The molecular weight excluding hydrogens is 360 g/mol. The molecule has 0 bridgehead atoms. The summed E-state index contributed by atoms with van der Waals surface area (Å²) in [6.45, 7) is 4.05. The van der Waals surface area contributed by atoms with Crippen LogP contribution < -0.4 is 0 Å². The summed E-state index contributed by atoms with van der Waals surface area (Å²) in [4.78, 5) is 0. The zero-order chi connectivity index (χ0) is 20.4. The summed E-state index contributed by atoms with van der Waals surface area (Å²) < 4.78 is 32.7. The van der Waals surface area contributed by atoms with Crippen molar-refractivity contribution in [2.24, 2.45) is 0 Å². The summed E-state index contributed by atoms with van der Waals surface area (Å²) in [6, 6.07) is 0. The van der Waals surface area contributed by atoms with Crippen molar-refractivity contribution in [3.63, 3.8) is 0 Å². The second-order valence-electron chi connectivity index (χ2n) is 8.30. The molecular formula is C22H46O4S. The van der Waals surface area contributed by atoms with E-state index in [4.69, 9.17) is 0 Å². The van der Waals surface area contributed by atoms with Crippen LogP contribution in [-0.2, 0) is 10.1 Å².